The number of aromatic nitrogens is 2. The van der Waals surface area contributed by atoms with Gasteiger partial charge in [0, 0.05) is 6.07 Å². The van der Waals surface area contributed by atoms with E-state index in [9.17, 15) is 22.3 Å². The number of halogens is 2. The molecule has 0 aliphatic heterocycles. The van der Waals surface area contributed by atoms with Gasteiger partial charge in [0.05, 0.1) is 30.3 Å². The first kappa shape index (κ1) is 20.3. The van der Waals surface area contributed by atoms with Crippen molar-refractivity contribution in [3.8, 4) is 5.88 Å². The first-order valence-electron chi connectivity index (χ1n) is 7.25. The summed E-state index contributed by atoms with van der Waals surface area (Å²) >= 11 is 1.21. The van der Waals surface area contributed by atoms with Crippen LogP contribution in [0.25, 0.3) is 0 Å². The molecule has 1 aromatic heterocycles. The molecule has 2 aromatic rings. The second-order valence-corrected chi connectivity index (χ2v) is 7.66. The Labute approximate surface area is 153 Å². The summed E-state index contributed by atoms with van der Waals surface area (Å²) in [5.74, 6) is -0.476. The fourth-order valence-electron chi connectivity index (χ4n) is 2.22. The number of benzene rings is 1. The Morgan fingerprint density at radius 2 is 2.12 bits per heavy atom. The Balaban J connectivity index is 2.60. The number of hydrogen-bond acceptors (Lipinski definition) is 7. The topological polar surface area (TPSA) is 101 Å². The molecule has 0 aliphatic carbocycles. The highest BCUT2D eigenvalue weighted by molar-refractivity contribution is 7.99. The lowest BCUT2D eigenvalue weighted by Gasteiger charge is -2.19. The summed E-state index contributed by atoms with van der Waals surface area (Å²) in [4.78, 5) is 8.39. The summed E-state index contributed by atoms with van der Waals surface area (Å²) in [7, 11) is -2.95. The molecule has 1 heterocycles. The minimum atomic E-state index is -4.34. The van der Waals surface area contributed by atoms with Gasteiger partial charge in [0.25, 0.3) is 10.0 Å². The maximum atomic E-state index is 14.3. The van der Waals surface area contributed by atoms with Gasteiger partial charge in [0.15, 0.2) is 0 Å². The van der Waals surface area contributed by atoms with E-state index in [2.05, 4.69) is 9.97 Å². The molecule has 142 valence electrons. The van der Waals surface area contributed by atoms with Crippen LogP contribution in [-0.2, 0) is 16.6 Å². The van der Waals surface area contributed by atoms with Gasteiger partial charge in [-0.1, -0.05) is 12.1 Å². The molecular weight excluding hydrogens is 388 g/mol. The maximum absolute atomic E-state index is 14.3. The predicted octanol–water partition coefficient (Wildman–Crippen LogP) is 2.24. The molecule has 1 unspecified atom stereocenters. The second kappa shape index (κ2) is 8.60. The number of anilines is 1. The Hall–Kier alpha value is -1.98. The normalized spacial score (nSPS) is 12.7. The minimum absolute atomic E-state index is 0.187. The van der Waals surface area contributed by atoms with Crippen molar-refractivity contribution in [3.63, 3.8) is 0 Å². The average molecular weight is 405 g/mol. The number of alkyl halides is 1. The molecule has 0 saturated heterocycles. The molecule has 0 bridgehead atoms. The quantitative estimate of drug-likeness (QED) is 0.694. The van der Waals surface area contributed by atoms with Gasteiger partial charge in [-0.15, -0.1) is 11.8 Å². The van der Waals surface area contributed by atoms with Crippen LogP contribution >= 0.6 is 11.8 Å². The van der Waals surface area contributed by atoms with Crippen LogP contribution in [-0.4, -0.2) is 42.9 Å². The Kier molecular flexibility index (Phi) is 6.73. The molecule has 1 aromatic carbocycles. The van der Waals surface area contributed by atoms with Gasteiger partial charge in [0.1, 0.15) is 11.6 Å². The van der Waals surface area contributed by atoms with E-state index in [0.717, 1.165) is 6.07 Å². The SMILES string of the molecule is COc1cc(CO)nc(C(SC)c2cccc(F)c2NS(=O)(=O)CF)n1. The number of rotatable bonds is 8. The molecule has 0 fully saturated rings. The molecule has 26 heavy (non-hydrogen) atoms. The van der Waals surface area contributed by atoms with Crippen molar-refractivity contribution < 1.29 is 27.0 Å². The summed E-state index contributed by atoms with van der Waals surface area (Å²) in [5, 5.41) is 8.65. The number of para-hydroxylation sites is 1. The number of aliphatic hydroxyl groups excluding tert-OH is 1. The number of ether oxygens (including phenoxy) is 1. The predicted molar refractivity (Wildman–Crippen MR) is 94.8 cm³/mol. The highest BCUT2D eigenvalue weighted by Gasteiger charge is 2.25. The van der Waals surface area contributed by atoms with Crippen LogP contribution in [0.4, 0.5) is 14.5 Å². The highest BCUT2D eigenvalue weighted by atomic mass is 32.2. The third-order valence-electron chi connectivity index (χ3n) is 3.34. The molecular formula is C15H17F2N3O4S2. The van der Waals surface area contributed by atoms with E-state index < -0.39 is 27.1 Å². The van der Waals surface area contributed by atoms with Crippen LogP contribution in [0.3, 0.4) is 0 Å². The molecule has 2 N–H and O–H groups in total. The maximum Gasteiger partial charge on any atom is 0.262 e. The largest absolute Gasteiger partial charge is 0.481 e. The van der Waals surface area contributed by atoms with E-state index in [-0.39, 0.29) is 35.3 Å². The number of sulfonamides is 1. The number of thioether (sulfide) groups is 1. The van der Waals surface area contributed by atoms with Gasteiger partial charge in [0.2, 0.25) is 11.9 Å². The number of aliphatic hydroxyl groups is 1. The summed E-state index contributed by atoms with van der Waals surface area (Å²) in [5.41, 5.74) is 0.126. The molecule has 1 atom stereocenters. The monoisotopic (exact) mass is 405 g/mol. The van der Waals surface area contributed by atoms with Crippen molar-refractivity contribution in [1.29, 1.82) is 0 Å². The van der Waals surface area contributed by atoms with Crippen molar-refractivity contribution in [2.75, 3.05) is 24.1 Å². The van der Waals surface area contributed by atoms with Gasteiger partial charge in [-0.25, -0.2) is 22.2 Å². The molecule has 0 amide bonds. The zero-order valence-electron chi connectivity index (χ0n) is 13.9. The van der Waals surface area contributed by atoms with Crippen molar-refractivity contribution >= 4 is 27.5 Å². The van der Waals surface area contributed by atoms with Crippen LogP contribution in [0.15, 0.2) is 24.3 Å². The standard InChI is InChI=1S/C15H17F2N3O4S2/c1-24-12-6-9(7-21)18-15(19-12)14(25-2)10-4-3-5-11(17)13(10)20-26(22,23)8-16/h3-6,14,20-21H,7-8H2,1-2H3. The lowest BCUT2D eigenvalue weighted by Crippen LogP contribution is -2.18. The third-order valence-corrected chi connectivity index (χ3v) is 5.08. The van der Waals surface area contributed by atoms with Crippen molar-refractivity contribution in [1.82, 2.24) is 9.97 Å². The van der Waals surface area contributed by atoms with Crippen LogP contribution in [0, 0.1) is 5.82 Å². The number of methoxy groups -OCH3 is 1. The Bertz CT molecular complexity index is 859. The number of nitrogens with zero attached hydrogens (tertiary/aromatic N) is 2. The van der Waals surface area contributed by atoms with Gasteiger partial charge >= 0.3 is 0 Å². The van der Waals surface area contributed by atoms with E-state index in [1.807, 2.05) is 4.72 Å². The second-order valence-electron chi connectivity index (χ2n) is 5.06. The Morgan fingerprint density at radius 1 is 1.38 bits per heavy atom. The summed E-state index contributed by atoms with van der Waals surface area (Å²) in [6, 6.07) is 3.70. The summed E-state index contributed by atoms with van der Waals surface area (Å²) < 4.78 is 57.1. The van der Waals surface area contributed by atoms with E-state index in [4.69, 9.17) is 4.74 Å². The van der Waals surface area contributed by atoms with E-state index >= 15 is 0 Å². The zero-order valence-corrected chi connectivity index (χ0v) is 15.6. The smallest absolute Gasteiger partial charge is 0.262 e. The zero-order chi connectivity index (χ0) is 19.3. The average Bonchev–Trinajstić information content (AvgIpc) is 2.64. The summed E-state index contributed by atoms with van der Waals surface area (Å²) in [6.45, 7) is -0.364. The molecule has 0 radical (unpaired) electrons. The molecule has 7 nitrogen and oxygen atoms in total. The molecule has 2 rings (SSSR count). The van der Waals surface area contributed by atoms with E-state index in [0.29, 0.717) is 0 Å². The van der Waals surface area contributed by atoms with Crippen molar-refractivity contribution in [3.05, 3.63) is 47.2 Å². The Morgan fingerprint density at radius 3 is 2.69 bits per heavy atom. The van der Waals surface area contributed by atoms with Gasteiger partial charge in [-0.05, 0) is 17.9 Å². The molecule has 0 aliphatic rings. The van der Waals surface area contributed by atoms with Gasteiger partial charge in [-0.2, -0.15) is 4.98 Å². The fourth-order valence-corrected chi connectivity index (χ4v) is 3.56. The highest BCUT2D eigenvalue weighted by Crippen LogP contribution is 2.38. The number of nitrogens with one attached hydrogen (secondary N) is 1. The lowest BCUT2D eigenvalue weighted by atomic mass is 10.1. The van der Waals surface area contributed by atoms with Crippen LogP contribution in [0.2, 0.25) is 0 Å². The molecule has 11 heteroatoms. The van der Waals surface area contributed by atoms with E-state index in [1.54, 1.807) is 6.26 Å². The van der Waals surface area contributed by atoms with Crippen LogP contribution in [0.1, 0.15) is 22.3 Å². The summed E-state index contributed by atoms with van der Waals surface area (Å²) in [6.07, 6.45) is 1.70. The van der Waals surface area contributed by atoms with Crippen LogP contribution in [0.5, 0.6) is 5.88 Å². The molecule has 0 spiro atoms. The minimum Gasteiger partial charge on any atom is -0.481 e. The van der Waals surface area contributed by atoms with Crippen LogP contribution < -0.4 is 9.46 Å². The first-order chi connectivity index (χ1) is 12.3. The first-order valence-corrected chi connectivity index (χ1v) is 10.2. The van der Waals surface area contributed by atoms with Gasteiger partial charge in [-0.3, -0.25) is 4.72 Å². The van der Waals surface area contributed by atoms with E-state index in [1.165, 1.54) is 37.1 Å². The van der Waals surface area contributed by atoms with Gasteiger partial charge < -0.3 is 9.84 Å². The fraction of sp³-hybridized carbons (Fsp3) is 0.333. The lowest BCUT2D eigenvalue weighted by molar-refractivity contribution is 0.274. The number of hydrogen-bond donors (Lipinski definition) is 2. The third kappa shape index (κ3) is 4.59. The van der Waals surface area contributed by atoms with Crippen molar-refractivity contribution in [2.45, 2.75) is 11.9 Å². The molecule has 0 saturated carbocycles. The van der Waals surface area contributed by atoms with Crippen molar-refractivity contribution in [2.24, 2.45) is 0 Å².